The van der Waals surface area contributed by atoms with Crippen LogP contribution in [0.5, 0.6) is 0 Å². The molecular weight excluding hydrogens is 369 g/mol. The van der Waals surface area contributed by atoms with Gasteiger partial charge in [-0.25, -0.2) is 4.68 Å². The molecule has 1 atom stereocenters. The number of alkyl halides is 3. The molecule has 1 saturated heterocycles. The summed E-state index contributed by atoms with van der Waals surface area (Å²) in [7, 11) is 0. The predicted octanol–water partition coefficient (Wildman–Crippen LogP) is 3.70. The largest absolute Gasteiger partial charge is 0.401 e. The molecule has 1 fully saturated rings. The number of carbonyl (C=O) groups is 1. The van der Waals surface area contributed by atoms with E-state index in [2.05, 4.69) is 5.10 Å². The van der Waals surface area contributed by atoms with E-state index in [1.807, 2.05) is 44.2 Å². The molecule has 2 aromatic rings. The lowest BCUT2D eigenvalue weighted by Crippen LogP contribution is -2.55. The first-order chi connectivity index (χ1) is 13.2. The summed E-state index contributed by atoms with van der Waals surface area (Å²) < 4.78 is 39.9. The normalized spacial score (nSPS) is 18.7. The van der Waals surface area contributed by atoms with Crippen LogP contribution in [-0.2, 0) is 0 Å². The van der Waals surface area contributed by atoms with Gasteiger partial charge >= 0.3 is 6.18 Å². The fourth-order valence-corrected chi connectivity index (χ4v) is 3.67. The van der Waals surface area contributed by atoms with Crippen molar-refractivity contribution in [3.05, 3.63) is 47.8 Å². The van der Waals surface area contributed by atoms with Gasteiger partial charge in [0.2, 0.25) is 0 Å². The van der Waals surface area contributed by atoms with Gasteiger partial charge in [-0.05, 0) is 25.0 Å². The number of hydrogen-bond donors (Lipinski definition) is 0. The lowest BCUT2D eigenvalue weighted by molar-refractivity contribution is -0.153. The van der Waals surface area contributed by atoms with Crippen molar-refractivity contribution in [2.24, 2.45) is 0 Å². The van der Waals surface area contributed by atoms with E-state index in [0.717, 1.165) is 11.4 Å². The predicted molar refractivity (Wildman–Crippen MR) is 101 cm³/mol. The Labute approximate surface area is 162 Å². The number of aromatic nitrogens is 2. The number of carbonyl (C=O) groups excluding carboxylic acids is 1. The van der Waals surface area contributed by atoms with E-state index < -0.39 is 12.7 Å². The maximum Gasteiger partial charge on any atom is 0.401 e. The van der Waals surface area contributed by atoms with Crippen molar-refractivity contribution in [3.8, 4) is 5.69 Å². The van der Waals surface area contributed by atoms with E-state index in [0.29, 0.717) is 5.56 Å². The highest BCUT2D eigenvalue weighted by Crippen LogP contribution is 2.26. The zero-order chi connectivity index (χ0) is 20.5. The van der Waals surface area contributed by atoms with Crippen molar-refractivity contribution in [2.75, 3.05) is 26.2 Å². The standard InChI is InChI=1S/C20H25F3N4O/c1-14(2)18-17(11-24-27(18)16-7-5-4-6-8-16)19(28)25-9-10-26(15(3)12-25)13-20(21,22)23/h4-8,11,14-15H,9-10,12-13H2,1-3H3. The van der Waals surface area contributed by atoms with E-state index in [-0.39, 0.29) is 37.5 Å². The summed E-state index contributed by atoms with van der Waals surface area (Å²) >= 11 is 0. The van der Waals surface area contributed by atoms with E-state index >= 15 is 0 Å². The Hall–Kier alpha value is -2.35. The van der Waals surface area contributed by atoms with E-state index in [1.165, 1.54) is 4.90 Å². The number of rotatable bonds is 4. The Kier molecular flexibility index (Phi) is 5.79. The van der Waals surface area contributed by atoms with Gasteiger partial charge in [0.15, 0.2) is 0 Å². The second-order valence-corrected chi connectivity index (χ2v) is 7.53. The molecule has 1 aliphatic heterocycles. The summed E-state index contributed by atoms with van der Waals surface area (Å²) in [6, 6.07) is 9.21. The molecule has 1 aromatic heterocycles. The van der Waals surface area contributed by atoms with Crippen LogP contribution in [0.4, 0.5) is 13.2 Å². The Morgan fingerprint density at radius 3 is 2.46 bits per heavy atom. The SMILES string of the molecule is CC(C)c1c(C(=O)N2CCN(CC(F)(F)F)C(C)C2)cnn1-c1ccccc1. The minimum Gasteiger partial charge on any atom is -0.336 e. The molecule has 1 aliphatic rings. The minimum absolute atomic E-state index is 0.0607. The monoisotopic (exact) mass is 394 g/mol. The summed E-state index contributed by atoms with van der Waals surface area (Å²) in [5.41, 5.74) is 2.19. The third-order valence-electron chi connectivity index (χ3n) is 5.02. The maximum atomic E-state index is 13.1. The van der Waals surface area contributed by atoms with Crippen LogP contribution in [0.25, 0.3) is 5.69 Å². The van der Waals surface area contributed by atoms with Gasteiger partial charge in [0.25, 0.3) is 5.91 Å². The summed E-state index contributed by atoms with van der Waals surface area (Å²) in [6.07, 6.45) is -2.67. The summed E-state index contributed by atoms with van der Waals surface area (Å²) in [5.74, 6) is -0.116. The van der Waals surface area contributed by atoms with Crippen LogP contribution in [0.1, 0.15) is 42.7 Å². The maximum absolute atomic E-state index is 13.1. The molecule has 1 unspecified atom stereocenters. The van der Waals surface area contributed by atoms with Crippen molar-refractivity contribution in [3.63, 3.8) is 0 Å². The number of halogens is 3. The smallest absolute Gasteiger partial charge is 0.336 e. The van der Waals surface area contributed by atoms with Gasteiger partial charge in [0.05, 0.1) is 29.7 Å². The quantitative estimate of drug-likeness (QED) is 0.794. The van der Waals surface area contributed by atoms with Gasteiger partial charge in [-0.1, -0.05) is 32.0 Å². The number of hydrogen-bond acceptors (Lipinski definition) is 3. The molecule has 8 heteroatoms. The van der Waals surface area contributed by atoms with Crippen LogP contribution in [0.15, 0.2) is 36.5 Å². The van der Waals surface area contributed by atoms with E-state index in [9.17, 15) is 18.0 Å². The highest BCUT2D eigenvalue weighted by molar-refractivity contribution is 5.95. The number of piperazine rings is 1. The van der Waals surface area contributed by atoms with Crippen molar-refractivity contribution < 1.29 is 18.0 Å². The Morgan fingerprint density at radius 2 is 1.89 bits per heavy atom. The van der Waals surface area contributed by atoms with Crippen LogP contribution < -0.4 is 0 Å². The molecule has 2 heterocycles. The summed E-state index contributed by atoms with van der Waals surface area (Å²) in [6.45, 7) is 5.52. The number of benzene rings is 1. The van der Waals surface area contributed by atoms with Crippen LogP contribution >= 0.6 is 0 Å². The van der Waals surface area contributed by atoms with Gasteiger partial charge in [0.1, 0.15) is 0 Å². The molecule has 5 nitrogen and oxygen atoms in total. The molecule has 0 N–H and O–H groups in total. The second kappa shape index (κ2) is 7.95. The van der Waals surface area contributed by atoms with Crippen LogP contribution in [-0.4, -0.2) is 63.9 Å². The summed E-state index contributed by atoms with van der Waals surface area (Å²) in [5, 5.41) is 4.42. The molecule has 0 bridgehead atoms. The van der Waals surface area contributed by atoms with Gasteiger partial charge in [-0.2, -0.15) is 18.3 Å². The number of para-hydroxylation sites is 1. The van der Waals surface area contributed by atoms with Crippen LogP contribution in [0.2, 0.25) is 0 Å². The molecular formula is C20H25F3N4O. The fourth-order valence-electron chi connectivity index (χ4n) is 3.67. The highest BCUT2D eigenvalue weighted by atomic mass is 19.4. The zero-order valence-electron chi connectivity index (χ0n) is 16.3. The lowest BCUT2D eigenvalue weighted by atomic mass is 10.0. The van der Waals surface area contributed by atoms with Crippen LogP contribution in [0.3, 0.4) is 0 Å². The highest BCUT2D eigenvalue weighted by Gasteiger charge is 2.36. The van der Waals surface area contributed by atoms with Gasteiger partial charge in [-0.15, -0.1) is 0 Å². The molecule has 3 rings (SSSR count). The molecule has 28 heavy (non-hydrogen) atoms. The Balaban J connectivity index is 1.81. The first-order valence-corrected chi connectivity index (χ1v) is 9.41. The number of amides is 1. The van der Waals surface area contributed by atoms with Gasteiger partial charge in [-0.3, -0.25) is 9.69 Å². The van der Waals surface area contributed by atoms with Gasteiger partial charge in [0, 0.05) is 25.7 Å². The third kappa shape index (κ3) is 4.38. The van der Waals surface area contributed by atoms with Crippen LogP contribution in [0, 0.1) is 0 Å². The van der Waals surface area contributed by atoms with Crippen molar-refractivity contribution in [2.45, 2.75) is 38.9 Å². The summed E-state index contributed by atoms with van der Waals surface area (Å²) in [4.78, 5) is 16.1. The molecule has 0 aliphatic carbocycles. The number of nitrogens with zero attached hydrogens (tertiary/aromatic N) is 4. The van der Waals surface area contributed by atoms with Crippen molar-refractivity contribution >= 4 is 5.91 Å². The fraction of sp³-hybridized carbons (Fsp3) is 0.500. The molecule has 0 radical (unpaired) electrons. The Morgan fingerprint density at radius 1 is 1.21 bits per heavy atom. The molecule has 0 saturated carbocycles. The molecule has 152 valence electrons. The van der Waals surface area contributed by atoms with E-state index in [4.69, 9.17) is 0 Å². The third-order valence-corrected chi connectivity index (χ3v) is 5.02. The Bertz CT molecular complexity index is 817. The van der Waals surface area contributed by atoms with Crippen molar-refractivity contribution in [1.29, 1.82) is 0 Å². The topological polar surface area (TPSA) is 41.4 Å². The molecule has 0 spiro atoms. The zero-order valence-corrected chi connectivity index (χ0v) is 16.3. The molecule has 1 amide bonds. The first-order valence-electron chi connectivity index (χ1n) is 9.41. The first kappa shape index (κ1) is 20.4. The minimum atomic E-state index is -4.23. The lowest BCUT2D eigenvalue weighted by Gasteiger charge is -2.40. The second-order valence-electron chi connectivity index (χ2n) is 7.53. The average Bonchev–Trinajstić information content (AvgIpc) is 3.08. The molecule has 1 aromatic carbocycles. The van der Waals surface area contributed by atoms with Crippen molar-refractivity contribution in [1.82, 2.24) is 19.6 Å². The van der Waals surface area contributed by atoms with Gasteiger partial charge < -0.3 is 4.90 Å². The average molecular weight is 394 g/mol. The van der Waals surface area contributed by atoms with E-state index in [1.54, 1.807) is 22.7 Å².